The van der Waals surface area contributed by atoms with Crippen molar-refractivity contribution in [2.24, 2.45) is 5.92 Å². The van der Waals surface area contributed by atoms with Gasteiger partial charge in [0.1, 0.15) is 0 Å². The van der Waals surface area contributed by atoms with Gasteiger partial charge in [-0.3, -0.25) is 0 Å². The zero-order chi connectivity index (χ0) is 15.3. The number of rotatable bonds is 8. The third-order valence-electron chi connectivity index (χ3n) is 3.65. The smallest absolute Gasteiger partial charge is 0.372 e. The Hall–Kier alpha value is -0.683. The van der Waals surface area contributed by atoms with Crippen LogP contribution in [0.2, 0.25) is 6.04 Å². The van der Waals surface area contributed by atoms with Crippen LogP contribution in [0.1, 0.15) is 34.1 Å². The maximum absolute atomic E-state index is 6.43. The largest absolute Gasteiger partial charge is 0.388 e. The Morgan fingerprint density at radius 3 is 2.05 bits per heavy atom. The van der Waals surface area contributed by atoms with Crippen molar-refractivity contribution in [3.63, 3.8) is 0 Å². The molecule has 0 atom stereocenters. The van der Waals surface area contributed by atoms with Crippen LogP contribution in [0.5, 0.6) is 0 Å². The standard InChI is InChI=1S/C17H28O3Si/c1-14(2)19-21(20-15(3)4,11-10-16-12-18-13-16)17-8-6-5-7-9-17/h5-9,14-16H,10-13H2,1-4H3. The van der Waals surface area contributed by atoms with Crippen molar-refractivity contribution >= 4 is 13.7 Å². The summed E-state index contributed by atoms with van der Waals surface area (Å²) in [6.07, 6.45) is 1.47. The van der Waals surface area contributed by atoms with Gasteiger partial charge in [-0.1, -0.05) is 30.3 Å². The molecule has 1 saturated heterocycles. The predicted octanol–water partition coefficient (Wildman–Crippen LogP) is 3.22. The summed E-state index contributed by atoms with van der Waals surface area (Å²) in [6, 6.07) is 11.5. The minimum atomic E-state index is -2.40. The Morgan fingerprint density at radius 1 is 1.05 bits per heavy atom. The normalized spacial score (nSPS) is 16.5. The highest BCUT2D eigenvalue weighted by Gasteiger charge is 2.42. The predicted molar refractivity (Wildman–Crippen MR) is 88.0 cm³/mol. The van der Waals surface area contributed by atoms with Crippen LogP contribution in [-0.2, 0) is 13.6 Å². The van der Waals surface area contributed by atoms with Crippen LogP contribution in [0.25, 0.3) is 0 Å². The lowest BCUT2D eigenvalue weighted by Gasteiger charge is -2.36. The first-order valence-corrected chi connectivity index (χ1v) is 10.0. The molecule has 4 heteroatoms. The van der Waals surface area contributed by atoms with Crippen molar-refractivity contribution in [2.45, 2.75) is 52.4 Å². The molecule has 2 rings (SSSR count). The minimum Gasteiger partial charge on any atom is -0.388 e. The maximum Gasteiger partial charge on any atom is 0.372 e. The summed E-state index contributed by atoms with van der Waals surface area (Å²) in [5.74, 6) is 0.673. The van der Waals surface area contributed by atoms with Crippen LogP contribution in [0.15, 0.2) is 30.3 Å². The van der Waals surface area contributed by atoms with E-state index in [2.05, 4.69) is 52.0 Å². The SMILES string of the molecule is CC(C)O[Si](CCC1COC1)(OC(C)C)c1ccccc1. The second kappa shape index (κ2) is 7.54. The molecule has 1 heterocycles. The first-order valence-electron chi connectivity index (χ1n) is 8.01. The van der Waals surface area contributed by atoms with Crippen molar-refractivity contribution in [3.05, 3.63) is 30.3 Å². The van der Waals surface area contributed by atoms with Gasteiger partial charge in [0.05, 0.1) is 13.2 Å². The lowest BCUT2D eigenvalue weighted by molar-refractivity contribution is -0.0346. The highest BCUT2D eigenvalue weighted by molar-refractivity contribution is 6.81. The average molecular weight is 308 g/mol. The van der Waals surface area contributed by atoms with Gasteiger partial charge in [0.15, 0.2) is 0 Å². The molecule has 21 heavy (non-hydrogen) atoms. The second-order valence-electron chi connectivity index (χ2n) is 6.39. The fraction of sp³-hybridized carbons (Fsp3) is 0.647. The van der Waals surface area contributed by atoms with Gasteiger partial charge >= 0.3 is 8.56 Å². The molecule has 0 aromatic heterocycles. The molecule has 1 aromatic rings. The van der Waals surface area contributed by atoms with Gasteiger partial charge in [-0.25, -0.2) is 0 Å². The maximum atomic E-state index is 6.43. The molecular formula is C17H28O3Si. The lowest BCUT2D eigenvalue weighted by atomic mass is 10.1. The second-order valence-corrected chi connectivity index (χ2v) is 9.45. The van der Waals surface area contributed by atoms with Gasteiger partial charge in [-0.15, -0.1) is 0 Å². The monoisotopic (exact) mass is 308 g/mol. The number of ether oxygens (including phenoxy) is 1. The third kappa shape index (κ3) is 4.64. The Kier molecular flexibility index (Phi) is 5.99. The molecule has 1 aliphatic rings. The molecule has 0 unspecified atom stereocenters. The molecule has 0 amide bonds. The zero-order valence-corrected chi connectivity index (χ0v) is 14.7. The van der Waals surface area contributed by atoms with E-state index in [9.17, 15) is 0 Å². The van der Waals surface area contributed by atoms with E-state index in [4.69, 9.17) is 13.6 Å². The summed E-state index contributed by atoms with van der Waals surface area (Å²) >= 11 is 0. The molecule has 0 N–H and O–H groups in total. The molecule has 0 saturated carbocycles. The zero-order valence-electron chi connectivity index (χ0n) is 13.7. The van der Waals surface area contributed by atoms with E-state index in [0.29, 0.717) is 5.92 Å². The van der Waals surface area contributed by atoms with Crippen molar-refractivity contribution in [1.82, 2.24) is 0 Å². The van der Waals surface area contributed by atoms with E-state index in [1.807, 2.05) is 6.07 Å². The first kappa shape index (κ1) is 16.7. The third-order valence-corrected chi connectivity index (χ3v) is 7.52. The number of benzene rings is 1. The van der Waals surface area contributed by atoms with Gasteiger partial charge in [-0.2, -0.15) is 0 Å². The summed E-state index contributed by atoms with van der Waals surface area (Å²) in [7, 11) is -2.40. The summed E-state index contributed by atoms with van der Waals surface area (Å²) in [4.78, 5) is 0. The van der Waals surface area contributed by atoms with E-state index in [1.54, 1.807) is 0 Å². The Balaban J connectivity index is 2.22. The molecular weight excluding hydrogens is 280 g/mol. The van der Waals surface area contributed by atoms with Crippen LogP contribution < -0.4 is 5.19 Å². The minimum absolute atomic E-state index is 0.174. The van der Waals surface area contributed by atoms with Gasteiger partial charge in [0.2, 0.25) is 0 Å². The molecule has 1 aliphatic heterocycles. The van der Waals surface area contributed by atoms with Crippen molar-refractivity contribution in [1.29, 1.82) is 0 Å². The van der Waals surface area contributed by atoms with Crippen LogP contribution in [0, 0.1) is 5.92 Å². The van der Waals surface area contributed by atoms with Crippen molar-refractivity contribution in [3.8, 4) is 0 Å². The number of hydrogen-bond acceptors (Lipinski definition) is 3. The summed E-state index contributed by atoms with van der Waals surface area (Å²) in [6.45, 7) is 10.2. The number of hydrogen-bond donors (Lipinski definition) is 0. The average Bonchev–Trinajstić information content (AvgIpc) is 2.36. The Morgan fingerprint density at radius 2 is 1.62 bits per heavy atom. The summed E-state index contributed by atoms with van der Waals surface area (Å²) < 4.78 is 18.2. The van der Waals surface area contributed by atoms with E-state index in [-0.39, 0.29) is 12.2 Å². The highest BCUT2D eigenvalue weighted by atomic mass is 28.4. The van der Waals surface area contributed by atoms with E-state index < -0.39 is 8.56 Å². The molecule has 3 nitrogen and oxygen atoms in total. The van der Waals surface area contributed by atoms with Crippen LogP contribution in [0.3, 0.4) is 0 Å². The molecule has 0 spiro atoms. The van der Waals surface area contributed by atoms with Gasteiger partial charge < -0.3 is 13.6 Å². The van der Waals surface area contributed by atoms with Crippen LogP contribution in [-0.4, -0.2) is 34.0 Å². The van der Waals surface area contributed by atoms with E-state index in [0.717, 1.165) is 25.7 Å². The van der Waals surface area contributed by atoms with Gasteiger partial charge in [0, 0.05) is 18.1 Å². The molecule has 1 fully saturated rings. The van der Waals surface area contributed by atoms with E-state index in [1.165, 1.54) is 5.19 Å². The molecule has 118 valence electrons. The van der Waals surface area contributed by atoms with Gasteiger partial charge in [-0.05, 0) is 45.3 Å². The molecule has 0 aliphatic carbocycles. The Bertz CT molecular complexity index is 405. The fourth-order valence-electron chi connectivity index (χ4n) is 2.72. The van der Waals surface area contributed by atoms with Crippen molar-refractivity contribution < 1.29 is 13.6 Å². The molecule has 0 radical (unpaired) electrons. The molecule has 0 bridgehead atoms. The van der Waals surface area contributed by atoms with Crippen LogP contribution >= 0.6 is 0 Å². The molecule has 1 aromatic carbocycles. The van der Waals surface area contributed by atoms with Gasteiger partial charge in [0.25, 0.3) is 0 Å². The topological polar surface area (TPSA) is 27.7 Å². The first-order chi connectivity index (χ1) is 10.0. The summed E-state index contributed by atoms with van der Waals surface area (Å²) in [5, 5.41) is 1.24. The Labute approximate surface area is 129 Å². The summed E-state index contributed by atoms with van der Waals surface area (Å²) in [5.41, 5.74) is 0. The highest BCUT2D eigenvalue weighted by Crippen LogP contribution is 2.26. The van der Waals surface area contributed by atoms with Crippen molar-refractivity contribution in [2.75, 3.05) is 13.2 Å². The van der Waals surface area contributed by atoms with E-state index >= 15 is 0 Å². The fourth-order valence-corrected chi connectivity index (χ4v) is 6.59. The van der Waals surface area contributed by atoms with Crippen LogP contribution in [0.4, 0.5) is 0 Å². The lowest BCUT2D eigenvalue weighted by Crippen LogP contribution is -2.56. The quantitative estimate of drug-likeness (QED) is 0.690.